The molecule has 0 aromatic heterocycles. The van der Waals surface area contributed by atoms with Crippen LogP contribution in [-0.2, 0) is 4.74 Å². The van der Waals surface area contributed by atoms with Crippen molar-refractivity contribution in [3.8, 4) is 0 Å². The molecule has 0 N–H and O–H groups in total. The normalized spacial score (nSPS) is 31.0. The first kappa shape index (κ1) is 17.8. The lowest BCUT2D eigenvalue weighted by atomic mass is 9.69. The summed E-state index contributed by atoms with van der Waals surface area (Å²) in [5.74, 6) is -2.20. The van der Waals surface area contributed by atoms with Crippen LogP contribution < -0.4 is 0 Å². The van der Waals surface area contributed by atoms with Crippen molar-refractivity contribution in [1.29, 1.82) is 0 Å². The van der Waals surface area contributed by atoms with Crippen LogP contribution in [0.5, 0.6) is 0 Å². The Morgan fingerprint density at radius 3 is 1.95 bits per heavy atom. The van der Waals surface area contributed by atoms with Gasteiger partial charge in [-0.15, -0.1) is 0 Å². The third kappa shape index (κ3) is 3.09. The van der Waals surface area contributed by atoms with Crippen molar-refractivity contribution >= 4 is 0 Å². The second kappa shape index (κ2) is 5.85. The molecule has 130 valence electrons. The van der Waals surface area contributed by atoms with Gasteiger partial charge in [0.05, 0.1) is 24.5 Å². The molecule has 0 bridgehead atoms. The fourth-order valence-electron chi connectivity index (χ4n) is 3.66. The summed E-state index contributed by atoms with van der Waals surface area (Å²) >= 11 is 0. The number of hydrogen-bond donors (Lipinski definition) is 0. The Kier molecular flexibility index (Phi) is 4.75. The van der Waals surface area contributed by atoms with Gasteiger partial charge in [-0.25, -0.2) is 0 Å². The lowest BCUT2D eigenvalue weighted by Crippen LogP contribution is -2.55. The molecule has 22 heavy (non-hydrogen) atoms. The Morgan fingerprint density at radius 2 is 1.55 bits per heavy atom. The molecule has 2 aliphatic rings. The van der Waals surface area contributed by atoms with E-state index < -0.39 is 42.3 Å². The van der Waals surface area contributed by atoms with E-state index in [1.165, 1.54) is 18.7 Å². The molecule has 2 fully saturated rings. The van der Waals surface area contributed by atoms with Gasteiger partial charge in [0.2, 0.25) is 0 Å². The fraction of sp³-hybridized carbons (Fsp3) is 1.00. The van der Waals surface area contributed by atoms with Crippen LogP contribution in [-0.4, -0.2) is 49.6 Å². The molecule has 0 saturated carbocycles. The van der Waals surface area contributed by atoms with Crippen LogP contribution in [0.25, 0.3) is 0 Å². The van der Waals surface area contributed by atoms with Gasteiger partial charge in [0.25, 0.3) is 0 Å². The highest BCUT2D eigenvalue weighted by atomic mass is 19.4. The Hall–Kier alpha value is -0.500. The quantitative estimate of drug-likeness (QED) is 0.712. The Labute approximate surface area is 125 Å². The monoisotopic (exact) mass is 333 g/mol. The van der Waals surface area contributed by atoms with Gasteiger partial charge >= 0.3 is 12.4 Å². The average Bonchev–Trinajstić information content (AvgIpc) is 2.86. The van der Waals surface area contributed by atoms with Crippen molar-refractivity contribution in [2.45, 2.75) is 45.1 Å². The van der Waals surface area contributed by atoms with E-state index in [2.05, 4.69) is 0 Å². The molecule has 2 rings (SSSR count). The average molecular weight is 333 g/mol. The molecule has 2 unspecified atom stereocenters. The highest BCUT2D eigenvalue weighted by molar-refractivity contribution is 4.97. The smallest absolute Gasteiger partial charge is 0.379 e. The largest absolute Gasteiger partial charge is 0.395 e. The lowest BCUT2D eigenvalue weighted by molar-refractivity contribution is -0.256. The van der Waals surface area contributed by atoms with Crippen molar-refractivity contribution in [1.82, 2.24) is 4.90 Å². The predicted molar refractivity (Wildman–Crippen MR) is 68.3 cm³/mol. The first-order valence-corrected chi connectivity index (χ1v) is 7.44. The summed E-state index contributed by atoms with van der Waals surface area (Å²) < 4.78 is 84.0. The van der Waals surface area contributed by atoms with Crippen LogP contribution in [0.2, 0.25) is 0 Å². The van der Waals surface area contributed by atoms with Gasteiger partial charge in [0.15, 0.2) is 0 Å². The predicted octanol–water partition coefficient (Wildman–Crippen LogP) is 3.86. The zero-order valence-corrected chi connectivity index (χ0v) is 12.6. The zero-order chi connectivity index (χ0) is 16.8. The summed E-state index contributed by atoms with van der Waals surface area (Å²) in [5, 5.41) is 0. The fourth-order valence-corrected chi connectivity index (χ4v) is 3.66. The topological polar surface area (TPSA) is 12.5 Å². The molecule has 0 aromatic carbocycles. The Morgan fingerprint density at radius 1 is 1.00 bits per heavy atom. The van der Waals surface area contributed by atoms with E-state index >= 15 is 0 Å². The van der Waals surface area contributed by atoms with Gasteiger partial charge in [0, 0.05) is 6.04 Å². The van der Waals surface area contributed by atoms with Crippen LogP contribution in [0.1, 0.15) is 26.7 Å². The van der Waals surface area contributed by atoms with E-state index in [1.807, 2.05) is 0 Å². The minimum absolute atomic E-state index is 0.0261. The number of piperidine rings is 1. The second-order valence-electron chi connectivity index (χ2n) is 6.60. The van der Waals surface area contributed by atoms with Gasteiger partial charge in [-0.2, -0.15) is 26.3 Å². The number of rotatable bonds is 2. The number of nitrogens with zero attached hydrogens (tertiary/aromatic N) is 1. The number of alkyl halides is 6. The maximum Gasteiger partial charge on any atom is 0.395 e. The van der Waals surface area contributed by atoms with Crippen LogP contribution in [0, 0.1) is 17.3 Å². The molecular formula is C14H21F6NO. The molecule has 0 amide bonds. The molecule has 0 radical (unpaired) electrons. The van der Waals surface area contributed by atoms with Crippen molar-refractivity contribution in [2.24, 2.45) is 17.3 Å². The number of ether oxygens (including phenoxy) is 1. The van der Waals surface area contributed by atoms with E-state index in [-0.39, 0.29) is 32.5 Å². The van der Waals surface area contributed by atoms with Crippen molar-refractivity contribution < 1.29 is 31.1 Å². The highest BCUT2D eigenvalue weighted by Gasteiger charge is 2.58. The maximum absolute atomic E-state index is 13.4. The molecule has 2 atom stereocenters. The minimum atomic E-state index is -4.38. The van der Waals surface area contributed by atoms with E-state index in [0.29, 0.717) is 0 Å². The molecule has 8 heteroatoms. The minimum Gasteiger partial charge on any atom is -0.379 e. The first-order valence-electron chi connectivity index (χ1n) is 7.44. The first-order chi connectivity index (χ1) is 9.99. The maximum atomic E-state index is 13.4. The number of likely N-dealkylation sites (tertiary alicyclic amines) is 1. The van der Waals surface area contributed by atoms with Crippen molar-refractivity contribution in [3.63, 3.8) is 0 Å². The lowest BCUT2D eigenvalue weighted by Gasteiger charge is -2.47. The van der Waals surface area contributed by atoms with Crippen LogP contribution in [0.15, 0.2) is 0 Å². The molecule has 0 aromatic rings. The molecule has 0 aliphatic carbocycles. The summed E-state index contributed by atoms with van der Waals surface area (Å²) in [6, 6.07) is -0.863. The van der Waals surface area contributed by atoms with Gasteiger partial charge < -0.3 is 4.74 Å². The van der Waals surface area contributed by atoms with Crippen LogP contribution >= 0.6 is 0 Å². The zero-order valence-electron chi connectivity index (χ0n) is 12.6. The van der Waals surface area contributed by atoms with Crippen LogP contribution in [0.3, 0.4) is 0 Å². The van der Waals surface area contributed by atoms with Gasteiger partial charge in [-0.3, -0.25) is 4.90 Å². The molecule has 2 saturated heterocycles. The molecule has 0 spiro atoms. The summed E-state index contributed by atoms with van der Waals surface area (Å²) in [7, 11) is 0. The third-order valence-corrected chi connectivity index (χ3v) is 5.30. The van der Waals surface area contributed by atoms with Gasteiger partial charge in [-0.1, -0.05) is 13.8 Å². The van der Waals surface area contributed by atoms with E-state index in [9.17, 15) is 26.3 Å². The van der Waals surface area contributed by atoms with E-state index in [4.69, 9.17) is 4.74 Å². The van der Waals surface area contributed by atoms with E-state index in [1.54, 1.807) is 0 Å². The van der Waals surface area contributed by atoms with Crippen LogP contribution in [0.4, 0.5) is 26.3 Å². The SMILES string of the molecule is CC(C)C1(C(F)(F)F)CCN(C2COCC2C(F)(F)F)CC1. The summed E-state index contributed by atoms with van der Waals surface area (Å²) in [4.78, 5) is 1.53. The standard InChI is InChI=1S/C14H21F6NO/c1-9(2)12(14(18,19)20)3-5-21(6-4-12)11-8-22-7-10(11)13(15,16)17/h9-11H,3-8H2,1-2H3. The molecule has 2 heterocycles. The summed E-state index contributed by atoms with van der Waals surface area (Å²) in [5.41, 5.74) is -1.79. The number of halogens is 6. The third-order valence-electron chi connectivity index (χ3n) is 5.30. The van der Waals surface area contributed by atoms with E-state index in [0.717, 1.165) is 0 Å². The van der Waals surface area contributed by atoms with Gasteiger partial charge in [0.1, 0.15) is 0 Å². The molecule has 2 aliphatic heterocycles. The number of hydrogen-bond acceptors (Lipinski definition) is 2. The molecular weight excluding hydrogens is 312 g/mol. The van der Waals surface area contributed by atoms with Crippen molar-refractivity contribution in [3.05, 3.63) is 0 Å². The Balaban J connectivity index is 2.08. The highest BCUT2D eigenvalue weighted by Crippen LogP contribution is 2.52. The summed E-state index contributed by atoms with van der Waals surface area (Å²) in [6.07, 6.45) is -9.02. The molecule has 2 nitrogen and oxygen atoms in total. The van der Waals surface area contributed by atoms with Crippen molar-refractivity contribution in [2.75, 3.05) is 26.3 Å². The van der Waals surface area contributed by atoms with Gasteiger partial charge in [-0.05, 0) is 31.8 Å². The Bertz CT molecular complexity index is 384. The summed E-state index contributed by atoms with van der Waals surface area (Å²) in [6.45, 7) is 2.64. The second-order valence-corrected chi connectivity index (χ2v) is 6.60.